The highest BCUT2D eigenvalue weighted by atomic mass is 16.5. The van der Waals surface area contributed by atoms with Gasteiger partial charge in [0, 0.05) is 12.3 Å². The van der Waals surface area contributed by atoms with Gasteiger partial charge in [-0.25, -0.2) is 0 Å². The van der Waals surface area contributed by atoms with Gasteiger partial charge < -0.3 is 4.74 Å². The molecule has 1 aromatic rings. The zero-order valence-electron chi connectivity index (χ0n) is 7.40. The Bertz CT molecular complexity index is 303. The third-order valence-corrected chi connectivity index (χ3v) is 1.40. The molecule has 1 heterocycles. The maximum atomic E-state index is 8.21. The SMILES string of the molecule is CC(C)(C)n1ccc(OC#N)n1. The van der Waals surface area contributed by atoms with Gasteiger partial charge in [0.05, 0.1) is 5.54 Å². The van der Waals surface area contributed by atoms with Crippen molar-refractivity contribution in [3.8, 4) is 12.1 Å². The predicted molar refractivity (Wildman–Crippen MR) is 43.5 cm³/mol. The minimum absolute atomic E-state index is 0.0724. The molecule has 64 valence electrons. The van der Waals surface area contributed by atoms with Gasteiger partial charge in [0.1, 0.15) is 0 Å². The highest BCUT2D eigenvalue weighted by Gasteiger charge is 2.14. The average Bonchev–Trinajstić information content (AvgIpc) is 2.35. The lowest BCUT2D eigenvalue weighted by Gasteiger charge is -2.18. The first-order chi connectivity index (χ1) is 5.54. The maximum Gasteiger partial charge on any atom is 0.293 e. The Morgan fingerprint density at radius 2 is 2.25 bits per heavy atom. The van der Waals surface area contributed by atoms with Gasteiger partial charge in [-0.05, 0) is 20.8 Å². The lowest BCUT2D eigenvalue weighted by molar-refractivity contribution is 0.343. The van der Waals surface area contributed by atoms with Crippen molar-refractivity contribution in [3.05, 3.63) is 12.3 Å². The molecule has 4 heteroatoms. The number of nitriles is 1. The zero-order chi connectivity index (χ0) is 9.19. The molecule has 1 rings (SSSR count). The molecule has 0 saturated heterocycles. The van der Waals surface area contributed by atoms with Crippen molar-refractivity contribution < 1.29 is 4.74 Å². The Kier molecular flexibility index (Phi) is 2.05. The summed E-state index contributed by atoms with van der Waals surface area (Å²) in [5.41, 5.74) is -0.0724. The Morgan fingerprint density at radius 1 is 1.58 bits per heavy atom. The minimum Gasteiger partial charge on any atom is -0.366 e. The van der Waals surface area contributed by atoms with Crippen molar-refractivity contribution in [1.29, 1.82) is 5.26 Å². The highest BCUT2D eigenvalue weighted by Crippen LogP contribution is 2.15. The summed E-state index contributed by atoms with van der Waals surface area (Å²) >= 11 is 0. The van der Waals surface area contributed by atoms with E-state index in [-0.39, 0.29) is 5.54 Å². The molecule has 0 aliphatic heterocycles. The van der Waals surface area contributed by atoms with Crippen LogP contribution in [0.15, 0.2) is 12.3 Å². The van der Waals surface area contributed by atoms with Crippen LogP contribution < -0.4 is 4.74 Å². The Morgan fingerprint density at radius 3 is 2.67 bits per heavy atom. The van der Waals surface area contributed by atoms with Crippen LogP contribution in [-0.4, -0.2) is 9.78 Å². The van der Waals surface area contributed by atoms with E-state index in [2.05, 4.69) is 9.84 Å². The van der Waals surface area contributed by atoms with Gasteiger partial charge >= 0.3 is 0 Å². The molecule has 0 unspecified atom stereocenters. The van der Waals surface area contributed by atoms with Crippen molar-refractivity contribution in [1.82, 2.24) is 9.78 Å². The second kappa shape index (κ2) is 2.86. The summed E-state index contributed by atoms with van der Waals surface area (Å²) in [5, 5.41) is 12.3. The summed E-state index contributed by atoms with van der Waals surface area (Å²) in [6, 6.07) is 1.66. The van der Waals surface area contributed by atoms with E-state index in [1.165, 1.54) is 0 Å². The fourth-order valence-corrected chi connectivity index (χ4v) is 0.782. The Hall–Kier alpha value is -1.50. The molecule has 0 amide bonds. The van der Waals surface area contributed by atoms with Gasteiger partial charge in [-0.1, -0.05) is 0 Å². The normalized spacial score (nSPS) is 10.8. The van der Waals surface area contributed by atoms with Crippen LogP contribution in [-0.2, 0) is 5.54 Å². The number of ether oxygens (including phenoxy) is 1. The molecule has 0 radical (unpaired) electrons. The van der Waals surface area contributed by atoms with Crippen LogP contribution in [0.2, 0.25) is 0 Å². The van der Waals surface area contributed by atoms with Gasteiger partial charge in [0.2, 0.25) is 0 Å². The Labute approximate surface area is 71.4 Å². The lowest BCUT2D eigenvalue weighted by atomic mass is 10.1. The number of hydrogen-bond donors (Lipinski definition) is 0. The van der Waals surface area contributed by atoms with Crippen LogP contribution in [0.5, 0.6) is 5.88 Å². The molecule has 0 aliphatic rings. The summed E-state index contributed by atoms with van der Waals surface area (Å²) < 4.78 is 6.30. The predicted octanol–water partition coefficient (Wildman–Crippen LogP) is 1.50. The second-order valence-corrected chi connectivity index (χ2v) is 3.46. The van der Waals surface area contributed by atoms with Crippen molar-refractivity contribution in [2.24, 2.45) is 0 Å². The molecule has 0 aliphatic carbocycles. The van der Waals surface area contributed by atoms with Crippen molar-refractivity contribution >= 4 is 0 Å². The van der Waals surface area contributed by atoms with Crippen LogP contribution in [0.3, 0.4) is 0 Å². The molecule has 0 saturated carbocycles. The van der Waals surface area contributed by atoms with Gasteiger partial charge in [-0.15, -0.1) is 10.4 Å². The summed E-state index contributed by atoms with van der Waals surface area (Å²) in [6.45, 7) is 6.07. The van der Waals surface area contributed by atoms with Crippen LogP contribution >= 0.6 is 0 Å². The largest absolute Gasteiger partial charge is 0.366 e. The molecule has 1 aromatic heterocycles. The summed E-state index contributed by atoms with van der Waals surface area (Å²) in [4.78, 5) is 0. The van der Waals surface area contributed by atoms with Gasteiger partial charge in [0.15, 0.2) is 0 Å². The zero-order valence-corrected chi connectivity index (χ0v) is 7.40. The monoisotopic (exact) mass is 165 g/mol. The summed E-state index contributed by atoms with van der Waals surface area (Å²) in [6.07, 6.45) is 3.36. The van der Waals surface area contributed by atoms with E-state index in [4.69, 9.17) is 5.26 Å². The molecule has 0 bridgehead atoms. The molecule has 0 fully saturated rings. The van der Waals surface area contributed by atoms with Gasteiger partial charge in [-0.3, -0.25) is 4.68 Å². The van der Waals surface area contributed by atoms with Crippen LogP contribution in [0.4, 0.5) is 0 Å². The summed E-state index contributed by atoms with van der Waals surface area (Å²) in [7, 11) is 0. The molecular formula is C8H11N3O. The van der Waals surface area contributed by atoms with E-state index in [1.807, 2.05) is 20.8 Å². The van der Waals surface area contributed by atoms with Crippen molar-refractivity contribution in [3.63, 3.8) is 0 Å². The van der Waals surface area contributed by atoms with E-state index in [9.17, 15) is 0 Å². The lowest BCUT2D eigenvalue weighted by Crippen LogP contribution is -2.22. The maximum absolute atomic E-state index is 8.21. The van der Waals surface area contributed by atoms with E-state index < -0.39 is 0 Å². The molecule has 4 nitrogen and oxygen atoms in total. The smallest absolute Gasteiger partial charge is 0.293 e. The third-order valence-electron chi connectivity index (χ3n) is 1.40. The first-order valence-electron chi connectivity index (χ1n) is 3.66. The standard InChI is InChI=1S/C8H11N3O/c1-8(2,3)11-5-4-7(10-11)12-6-9/h4-5H,1-3H3. The molecule has 0 spiro atoms. The molecule has 0 atom stereocenters. The fourth-order valence-electron chi connectivity index (χ4n) is 0.782. The van der Waals surface area contributed by atoms with E-state index in [0.29, 0.717) is 5.88 Å². The second-order valence-electron chi connectivity index (χ2n) is 3.46. The Balaban J connectivity index is 2.86. The molecule has 12 heavy (non-hydrogen) atoms. The minimum atomic E-state index is -0.0724. The van der Waals surface area contributed by atoms with Gasteiger partial charge in [-0.2, -0.15) is 0 Å². The quantitative estimate of drug-likeness (QED) is 0.592. The van der Waals surface area contributed by atoms with Crippen LogP contribution in [0.25, 0.3) is 0 Å². The summed E-state index contributed by atoms with van der Waals surface area (Å²) in [5.74, 6) is 0.340. The number of hydrogen-bond acceptors (Lipinski definition) is 3. The van der Waals surface area contributed by atoms with Crippen molar-refractivity contribution in [2.75, 3.05) is 0 Å². The molecule has 0 N–H and O–H groups in total. The first kappa shape index (κ1) is 8.60. The number of nitrogens with zero attached hydrogens (tertiary/aromatic N) is 3. The van der Waals surface area contributed by atoms with E-state index in [0.717, 1.165) is 0 Å². The van der Waals surface area contributed by atoms with Crippen molar-refractivity contribution in [2.45, 2.75) is 26.3 Å². The van der Waals surface area contributed by atoms with Crippen LogP contribution in [0.1, 0.15) is 20.8 Å². The number of rotatable bonds is 1. The topological polar surface area (TPSA) is 50.8 Å². The van der Waals surface area contributed by atoms with Gasteiger partial charge in [0.25, 0.3) is 12.1 Å². The van der Waals surface area contributed by atoms with E-state index >= 15 is 0 Å². The first-order valence-corrected chi connectivity index (χ1v) is 3.66. The molecular weight excluding hydrogens is 154 g/mol. The molecule has 0 aromatic carbocycles. The van der Waals surface area contributed by atoms with E-state index in [1.54, 1.807) is 23.2 Å². The number of aromatic nitrogens is 2. The third kappa shape index (κ3) is 1.76. The highest BCUT2D eigenvalue weighted by molar-refractivity contribution is 5.08. The average molecular weight is 165 g/mol. The van der Waals surface area contributed by atoms with Crippen LogP contribution in [0, 0.1) is 11.5 Å². The fraction of sp³-hybridized carbons (Fsp3) is 0.500.